The third-order valence-electron chi connectivity index (χ3n) is 5.55. The van der Waals surface area contributed by atoms with Gasteiger partial charge in [-0.1, -0.05) is 60.7 Å². The number of aliphatic imine (C=N–C) groups is 1. The molecule has 0 aliphatic carbocycles. The Bertz CT molecular complexity index is 691. The zero-order chi connectivity index (χ0) is 20.9. The maximum absolute atomic E-state index is 5.85. The van der Waals surface area contributed by atoms with Crippen LogP contribution in [0.25, 0.3) is 0 Å². The smallest absolute Gasteiger partial charge is 0.191 e. The molecule has 1 aliphatic rings. The molecule has 0 radical (unpaired) electrons. The number of nitrogens with zero attached hydrogens (tertiary/aromatic N) is 1. The van der Waals surface area contributed by atoms with Gasteiger partial charge in [0.1, 0.15) is 0 Å². The maximum atomic E-state index is 5.85. The van der Waals surface area contributed by atoms with Crippen molar-refractivity contribution in [2.24, 2.45) is 10.9 Å². The van der Waals surface area contributed by atoms with Gasteiger partial charge in [0, 0.05) is 52.5 Å². The van der Waals surface area contributed by atoms with Gasteiger partial charge in [0.15, 0.2) is 5.96 Å². The van der Waals surface area contributed by atoms with Gasteiger partial charge in [0.05, 0.1) is 0 Å². The summed E-state index contributed by atoms with van der Waals surface area (Å²) in [5.74, 6) is 1.76. The average Bonchev–Trinajstić information content (AvgIpc) is 2.82. The Hall–Kier alpha value is -2.37. The Labute approximate surface area is 180 Å². The van der Waals surface area contributed by atoms with Crippen LogP contribution in [0.1, 0.15) is 36.3 Å². The highest BCUT2D eigenvalue weighted by molar-refractivity contribution is 5.79. The van der Waals surface area contributed by atoms with E-state index in [4.69, 9.17) is 9.47 Å². The molecule has 0 bridgehead atoms. The number of hydrogen-bond acceptors (Lipinski definition) is 3. The van der Waals surface area contributed by atoms with Gasteiger partial charge in [-0.2, -0.15) is 0 Å². The van der Waals surface area contributed by atoms with E-state index in [2.05, 4.69) is 76.3 Å². The Morgan fingerprint density at radius 3 is 2.23 bits per heavy atom. The third-order valence-corrected chi connectivity index (χ3v) is 5.55. The highest BCUT2D eigenvalue weighted by atomic mass is 16.5. The van der Waals surface area contributed by atoms with Crippen LogP contribution in [0.4, 0.5) is 0 Å². The molecule has 3 rings (SSSR count). The lowest BCUT2D eigenvalue weighted by Gasteiger charge is -2.22. The van der Waals surface area contributed by atoms with E-state index in [-0.39, 0.29) is 5.92 Å². The number of hydrogen-bond donors (Lipinski definition) is 2. The molecule has 1 fully saturated rings. The van der Waals surface area contributed by atoms with E-state index in [1.807, 2.05) is 7.05 Å². The molecule has 0 aromatic heterocycles. The SMILES string of the molecule is CN=C(NCCCOCC1CCOCC1)NCC(c1ccccc1)c1ccccc1. The predicted octanol–water partition coefficient (Wildman–Crippen LogP) is 3.82. The number of ether oxygens (including phenoxy) is 2. The average molecular weight is 410 g/mol. The molecule has 0 atom stereocenters. The van der Waals surface area contributed by atoms with Gasteiger partial charge in [0.25, 0.3) is 0 Å². The van der Waals surface area contributed by atoms with Crippen LogP contribution in [0, 0.1) is 5.92 Å². The second kappa shape index (κ2) is 13.0. The topological polar surface area (TPSA) is 54.9 Å². The Morgan fingerprint density at radius 2 is 1.63 bits per heavy atom. The lowest BCUT2D eigenvalue weighted by atomic mass is 9.91. The first-order valence-corrected chi connectivity index (χ1v) is 11.1. The zero-order valence-electron chi connectivity index (χ0n) is 18.1. The van der Waals surface area contributed by atoms with Crippen molar-refractivity contribution in [3.63, 3.8) is 0 Å². The van der Waals surface area contributed by atoms with Crippen molar-refractivity contribution < 1.29 is 9.47 Å². The van der Waals surface area contributed by atoms with Crippen molar-refractivity contribution in [2.45, 2.75) is 25.2 Å². The van der Waals surface area contributed by atoms with Crippen molar-refractivity contribution in [1.29, 1.82) is 0 Å². The first kappa shape index (κ1) is 22.3. The fourth-order valence-corrected chi connectivity index (χ4v) is 3.76. The second-order valence-corrected chi connectivity index (χ2v) is 7.74. The van der Waals surface area contributed by atoms with Gasteiger partial charge >= 0.3 is 0 Å². The second-order valence-electron chi connectivity index (χ2n) is 7.74. The molecule has 30 heavy (non-hydrogen) atoms. The summed E-state index contributed by atoms with van der Waals surface area (Å²) in [5.41, 5.74) is 2.60. The van der Waals surface area contributed by atoms with Crippen LogP contribution in [0.5, 0.6) is 0 Å². The van der Waals surface area contributed by atoms with Crippen molar-refractivity contribution in [3.05, 3.63) is 71.8 Å². The van der Waals surface area contributed by atoms with E-state index in [0.717, 1.165) is 64.7 Å². The van der Waals surface area contributed by atoms with Gasteiger partial charge < -0.3 is 20.1 Å². The minimum Gasteiger partial charge on any atom is -0.381 e. The van der Waals surface area contributed by atoms with Crippen LogP contribution in [-0.2, 0) is 9.47 Å². The highest BCUT2D eigenvalue weighted by Gasteiger charge is 2.15. The molecule has 1 aliphatic heterocycles. The molecule has 0 unspecified atom stereocenters. The van der Waals surface area contributed by atoms with Crippen molar-refractivity contribution in [2.75, 3.05) is 46.6 Å². The summed E-state index contributed by atoms with van der Waals surface area (Å²) in [6, 6.07) is 21.2. The maximum Gasteiger partial charge on any atom is 0.191 e. The minimum absolute atomic E-state index is 0.272. The Morgan fingerprint density at radius 1 is 1.00 bits per heavy atom. The van der Waals surface area contributed by atoms with E-state index in [9.17, 15) is 0 Å². The minimum atomic E-state index is 0.272. The van der Waals surface area contributed by atoms with Gasteiger partial charge in [-0.05, 0) is 36.3 Å². The van der Waals surface area contributed by atoms with Crippen molar-refractivity contribution in [3.8, 4) is 0 Å². The van der Waals surface area contributed by atoms with E-state index in [1.165, 1.54) is 11.1 Å². The van der Waals surface area contributed by atoms with Gasteiger partial charge in [-0.3, -0.25) is 4.99 Å². The van der Waals surface area contributed by atoms with Gasteiger partial charge in [-0.15, -0.1) is 0 Å². The molecule has 2 N–H and O–H groups in total. The first-order valence-electron chi connectivity index (χ1n) is 11.1. The molecule has 5 nitrogen and oxygen atoms in total. The summed E-state index contributed by atoms with van der Waals surface area (Å²) in [5, 5.41) is 6.90. The van der Waals surface area contributed by atoms with Crippen LogP contribution >= 0.6 is 0 Å². The number of rotatable bonds is 10. The van der Waals surface area contributed by atoms with E-state index in [0.29, 0.717) is 5.92 Å². The van der Waals surface area contributed by atoms with E-state index in [1.54, 1.807) is 0 Å². The molecule has 2 aromatic rings. The zero-order valence-corrected chi connectivity index (χ0v) is 18.1. The molecule has 1 heterocycles. The number of benzene rings is 2. The fourth-order valence-electron chi connectivity index (χ4n) is 3.76. The van der Waals surface area contributed by atoms with Crippen LogP contribution < -0.4 is 10.6 Å². The van der Waals surface area contributed by atoms with Crippen molar-refractivity contribution in [1.82, 2.24) is 10.6 Å². The van der Waals surface area contributed by atoms with E-state index < -0.39 is 0 Å². The molecule has 1 saturated heterocycles. The molecular weight excluding hydrogens is 374 g/mol. The quantitative estimate of drug-likeness (QED) is 0.356. The molecule has 0 spiro atoms. The molecule has 0 saturated carbocycles. The van der Waals surface area contributed by atoms with Crippen molar-refractivity contribution >= 4 is 5.96 Å². The summed E-state index contributed by atoms with van der Waals surface area (Å²) < 4.78 is 11.2. The standard InChI is InChI=1S/C25H35N3O2/c1-26-25(27-15-8-16-30-20-21-13-17-29-18-14-21)28-19-24(22-9-4-2-5-10-22)23-11-6-3-7-12-23/h2-7,9-12,21,24H,8,13-20H2,1H3,(H2,26,27,28). The molecular formula is C25H35N3O2. The summed E-state index contributed by atoms with van der Waals surface area (Å²) in [4.78, 5) is 4.38. The normalized spacial score (nSPS) is 15.3. The lowest BCUT2D eigenvalue weighted by Crippen LogP contribution is -2.40. The van der Waals surface area contributed by atoms with Gasteiger partial charge in [-0.25, -0.2) is 0 Å². The predicted molar refractivity (Wildman–Crippen MR) is 123 cm³/mol. The fraction of sp³-hybridized carbons (Fsp3) is 0.480. The molecule has 2 aromatic carbocycles. The summed E-state index contributed by atoms with van der Waals surface area (Å²) in [7, 11) is 1.82. The largest absolute Gasteiger partial charge is 0.381 e. The number of guanidine groups is 1. The summed E-state index contributed by atoms with van der Waals surface area (Å²) in [6.07, 6.45) is 3.21. The van der Waals surface area contributed by atoms with Crippen LogP contribution in [0.15, 0.2) is 65.7 Å². The molecule has 162 valence electrons. The monoisotopic (exact) mass is 409 g/mol. The molecule has 0 amide bonds. The van der Waals surface area contributed by atoms with Crippen LogP contribution in [0.2, 0.25) is 0 Å². The molecule has 5 heteroatoms. The number of nitrogens with one attached hydrogen (secondary N) is 2. The Balaban J connectivity index is 1.40. The highest BCUT2D eigenvalue weighted by Crippen LogP contribution is 2.23. The van der Waals surface area contributed by atoms with Crippen LogP contribution in [-0.4, -0.2) is 52.5 Å². The van der Waals surface area contributed by atoms with Gasteiger partial charge in [0.2, 0.25) is 0 Å². The van der Waals surface area contributed by atoms with E-state index >= 15 is 0 Å². The lowest BCUT2D eigenvalue weighted by molar-refractivity contribution is 0.0203. The first-order chi connectivity index (χ1) is 14.9. The summed E-state index contributed by atoms with van der Waals surface area (Å²) in [6.45, 7) is 5.02. The van der Waals surface area contributed by atoms with Crippen LogP contribution in [0.3, 0.4) is 0 Å². The third kappa shape index (κ3) is 7.47. The summed E-state index contributed by atoms with van der Waals surface area (Å²) >= 11 is 0. The Kier molecular flexibility index (Phi) is 9.70.